The maximum atomic E-state index is 10.7. The summed E-state index contributed by atoms with van der Waals surface area (Å²) in [7, 11) is 0. The SMILES string of the molecule is Cc1nn2c(c1C(=O)O)NCC2. The molecule has 64 valence electrons. The maximum absolute atomic E-state index is 10.7. The van der Waals surface area contributed by atoms with Crippen molar-refractivity contribution in [3.63, 3.8) is 0 Å². The zero-order chi connectivity index (χ0) is 8.72. The van der Waals surface area contributed by atoms with Crippen molar-refractivity contribution >= 4 is 11.8 Å². The Balaban J connectivity index is 2.59. The quantitative estimate of drug-likeness (QED) is 0.632. The van der Waals surface area contributed by atoms with Crippen LogP contribution in [0.4, 0.5) is 5.82 Å². The number of hydrogen-bond donors (Lipinski definition) is 2. The van der Waals surface area contributed by atoms with Crippen LogP contribution in [0.3, 0.4) is 0 Å². The molecule has 1 aliphatic rings. The van der Waals surface area contributed by atoms with E-state index in [1.165, 1.54) is 0 Å². The van der Waals surface area contributed by atoms with E-state index in [0.29, 0.717) is 17.1 Å². The average molecular weight is 167 g/mol. The number of carboxylic acid groups (broad SMARTS) is 1. The second-order valence-corrected chi connectivity index (χ2v) is 2.76. The van der Waals surface area contributed by atoms with Crippen LogP contribution in [-0.4, -0.2) is 27.4 Å². The first-order chi connectivity index (χ1) is 5.70. The first kappa shape index (κ1) is 7.15. The van der Waals surface area contributed by atoms with Gasteiger partial charge in [-0.2, -0.15) is 5.10 Å². The molecule has 0 saturated heterocycles. The van der Waals surface area contributed by atoms with E-state index in [-0.39, 0.29) is 0 Å². The van der Waals surface area contributed by atoms with Crippen LogP contribution >= 0.6 is 0 Å². The Labute approximate surface area is 69.0 Å². The third-order valence-corrected chi connectivity index (χ3v) is 1.96. The number of hydrogen-bond acceptors (Lipinski definition) is 3. The molecule has 5 nitrogen and oxygen atoms in total. The molecule has 0 aromatic carbocycles. The number of aromatic carboxylic acids is 1. The zero-order valence-electron chi connectivity index (χ0n) is 6.66. The summed E-state index contributed by atoms with van der Waals surface area (Å²) in [4.78, 5) is 10.7. The van der Waals surface area contributed by atoms with Gasteiger partial charge in [-0.25, -0.2) is 9.48 Å². The van der Waals surface area contributed by atoms with Crippen LogP contribution in [0.2, 0.25) is 0 Å². The maximum Gasteiger partial charge on any atom is 0.341 e. The van der Waals surface area contributed by atoms with Gasteiger partial charge in [-0.05, 0) is 6.92 Å². The summed E-state index contributed by atoms with van der Waals surface area (Å²) >= 11 is 0. The van der Waals surface area contributed by atoms with Gasteiger partial charge in [0.25, 0.3) is 0 Å². The molecule has 0 fully saturated rings. The molecule has 0 aliphatic carbocycles. The number of carbonyl (C=O) groups is 1. The summed E-state index contributed by atoms with van der Waals surface area (Å²) in [6, 6.07) is 0. The number of aryl methyl sites for hydroxylation is 1. The molecule has 0 radical (unpaired) electrons. The lowest BCUT2D eigenvalue weighted by atomic mass is 10.2. The average Bonchev–Trinajstić information content (AvgIpc) is 2.44. The van der Waals surface area contributed by atoms with Gasteiger partial charge < -0.3 is 10.4 Å². The van der Waals surface area contributed by atoms with Crippen molar-refractivity contribution in [3.8, 4) is 0 Å². The fourth-order valence-electron chi connectivity index (χ4n) is 1.46. The Hall–Kier alpha value is -1.52. The van der Waals surface area contributed by atoms with Crippen LogP contribution in [0, 0.1) is 6.92 Å². The van der Waals surface area contributed by atoms with Gasteiger partial charge in [0.2, 0.25) is 0 Å². The molecule has 0 atom stereocenters. The third kappa shape index (κ3) is 0.792. The number of anilines is 1. The smallest absolute Gasteiger partial charge is 0.341 e. The minimum absolute atomic E-state index is 0.299. The molecule has 1 aromatic heterocycles. The van der Waals surface area contributed by atoms with E-state index < -0.39 is 5.97 Å². The van der Waals surface area contributed by atoms with Crippen LogP contribution in [0.25, 0.3) is 0 Å². The van der Waals surface area contributed by atoms with Crippen molar-refractivity contribution in [3.05, 3.63) is 11.3 Å². The Bertz CT molecular complexity index is 343. The Morgan fingerprint density at radius 2 is 2.50 bits per heavy atom. The van der Waals surface area contributed by atoms with Crippen LogP contribution in [0.5, 0.6) is 0 Å². The molecule has 0 saturated carbocycles. The molecule has 1 aromatic rings. The van der Waals surface area contributed by atoms with Gasteiger partial charge in [0.15, 0.2) is 0 Å². The number of nitrogens with one attached hydrogen (secondary N) is 1. The molecule has 2 rings (SSSR count). The van der Waals surface area contributed by atoms with Gasteiger partial charge in [0.1, 0.15) is 11.4 Å². The number of rotatable bonds is 1. The van der Waals surface area contributed by atoms with Crippen molar-refractivity contribution in [2.75, 3.05) is 11.9 Å². The van der Waals surface area contributed by atoms with Gasteiger partial charge in [0.05, 0.1) is 12.2 Å². The third-order valence-electron chi connectivity index (χ3n) is 1.96. The van der Waals surface area contributed by atoms with Crippen LogP contribution < -0.4 is 5.32 Å². The van der Waals surface area contributed by atoms with Crippen molar-refractivity contribution in [2.45, 2.75) is 13.5 Å². The zero-order valence-corrected chi connectivity index (χ0v) is 6.66. The topological polar surface area (TPSA) is 67.2 Å². The minimum Gasteiger partial charge on any atom is -0.477 e. The molecule has 2 heterocycles. The first-order valence-corrected chi connectivity index (χ1v) is 3.74. The highest BCUT2D eigenvalue weighted by atomic mass is 16.4. The van der Waals surface area contributed by atoms with E-state index in [0.717, 1.165) is 13.1 Å². The van der Waals surface area contributed by atoms with Gasteiger partial charge >= 0.3 is 5.97 Å². The summed E-state index contributed by atoms with van der Waals surface area (Å²) in [5.41, 5.74) is 0.872. The normalized spacial score (nSPS) is 14.1. The van der Waals surface area contributed by atoms with Gasteiger partial charge in [-0.3, -0.25) is 0 Å². The van der Waals surface area contributed by atoms with E-state index in [2.05, 4.69) is 10.4 Å². The fourth-order valence-corrected chi connectivity index (χ4v) is 1.46. The lowest BCUT2D eigenvalue weighted by Crippen LogP contribution is -2.03. The van der Waals surface area contributed by atoms with Crippen LogP contribution in [0.1, 0.15) is 16.1 Å². The summed E-state index contributed by atoms with van der Waals surface area (Å²) in [5, 5.41) is 15.9. The molecule has 2 N–H and O–H groups in total. The lowest BCUT2D eigenvalue weighted by Gasteiger charge is -1.95. The highest BCUT2D eigenvalue weighted by molar-refractivity contribution is 5.94. The van der Waals surface area contributed by atoms with E-state index >= 15 is 0 Å². The van der Waals surface area contributed by atoms with Crippen molar-refractivity contribution in [2.24, 2.45) is 0 Å². The highest BCUT2D eigenvalue weighted by Gasteiger charge is 2.23. The van der Waals surface area contributed by atoms with E-state index in [4.69, 9.17) is 5.11 Å². The summed E-state index contributed by atoms with van der Waals surface area (Å²) in [6.07, 6.45) is 0. The van der Waals surface area contributed by atoms with Gasteiger partial charge in [-0.15, -0.1) is 0 Å². The predicted octanol–water partition coefficient (Wildman–Crippen LogP) is 0.315. The predicted molar refractivity (Wildman–Crippen MR) is 42.4 cm³/mol. The minimum atomic E-state index is -0.914. The monoisotopic (exact) mass is 167 g/mol. The fraction of sp³-hybridized carbons (Fsp3) is 0.429. The molecule has 0 unspecified atom stereocenters. The molecule has 0 amide bonds. The molecular formula is C7H9N3O2. The van der Waals surface area contributed by atoms with Gasteiger partial charge in [0, 0.05) is 6.54 Å². The molecule has 12 heavy (non-hydrogen) atoms. The van der Waals surface area contributed by atoms with Crippen LogP contribution in [0.15, 0.2) is 0 Å². The van der Waals surface area contributed by atoms with E-state index in [9.17, 15) is 4.79 Å². The molecule has 0 spiro atoms. The largest absolute Gasteiger partial charge is 0.477 e. The second-order valence-electron chi connectivity index (χ2n) is 2.76. The summed E-state index contributed by atoms with van der Waals surface area (Å²) in [5.74, 6) is -0.275. The van der Waals surface area contributed by atoms with E-state index in [1.54, 1.807) is 11.6 Å². The Morgan fingerprint density at radius 3 is 3.17 bits per heavy atom. The van der Waals surface area contributed by atoms with E-state index in [1.807, 2.05) is 0 Å². The first-order valence-electron chi connectivity index (χ1n) is 3.74. The summed E-state index contributed by atoms with van der Waals surface area (Å²) in [6.45, 7) is 3.22. The molecule has 1 aliphatic heterocycles. The second kappa shape index (κ2) is 2.23. The highest BCUT2D eigenvalue weighted by Crippen LogP contribution is 2.22. The van der Waals surface area contributed by atoms with Crippen LogP contribution in [-0.2, 0) is 6.54 Å². The lowest BCUT2D eigenvalue weighted by molar-refractivity contribution is 0.0697. The summed E-state index contributed by atoms with van der Waals surface area (Å²) < 4.78 is 1.69. The number of aromatic nitrogens is 2. The number of nitrogens with zero attached hydrogens (tertiary/aromatic N) is 2. The Kier molecular flexibility index (Phi) is 1.33. The number of carboxylic acids is 1. The Morgan fingerprint density at radius 1 is 1.75 bits per heavy atom. The van der Waals surface area contributed by atoms with Crippen molar-refractivity contribution < 1.29 is 9.90 Å². The van der Waals surface area contributed by atoms with Gasteiger partial charge in [-0.1, -0.05) is 0 Å². The van der Waals surface area contributed by atoms with Crippen molar-refractivity contribution in [1.82, 2.24) is 9.78 Å². The molecule has 5 heteroatoms. The molecule has 0 bridgehead atoms. The standard InChI is InChI=1S/C7H9N3O2/c1-4-5(7(11)12)6-8-2-3-10(6)9-4/h8H,2-3H2,1H3,(H,11,12). The van der Waals surface area contributed by atoms with Crippen molar-refractivity contribution in [1.29, 1.82) is 0 Å². The number of fused-ring (bicyclic) bond motifs is 1. The molecular weight excluding hydrogens is 158 g/mol.